The van der Waals surface area contributed by atoms with Gasteiger partial charge < -0.3 is 0 Å². The molecule has 1 aliphatic carbocycles. The highest BCUT2D eigenvalue weighted by Gasteiger charge is 2.46. The second kappa shape index (κ2) is 14.4. The van der Waals surface area contributed by atoms with Crippen LogP contribution < -0.4 is 0 Å². The smallest absolute Gasteiger partial charge is 0.0713 e. The molecule has 1 aliphatic rings. The lowest BCUT2D eigenvalue weighted by Crippen LogP contribution is -2.28. The Morgan fingerprint density at radius 3 is 1.60 bits per heavy atom. The Balaban J connectivity index is 1.16. The maximum atomic E-state index is 10.0. The van der Waals surface area contributed by atoms with Crippen molar-refractivity contribution in [2.45, 2.75) is 5.41 Å². The fourth-order valence-electron chi connectivity index (χ4n) is 10.1. The number of hydrogen-bond acceptors (Lipinski definition) is 2. The van der Waals surface area contributed by atoms with Gasteiger partial charge in [-0.3, -0.25) is 0 Å². The van der Waals surface area contributed by atoms with Crippen molar-refractivity contribution in [3.8, 4) is 55.6 Å². The summed E-state index contributed by atoms with van der Waals surface area (Å²) in [6.45, 7) is 0. The van der Waals surface area contributed by atoms with E-state index in [1.165, 1.54) is 30.3 Å². The standard InChI is InChI=1S/C61H38S2/c1-3-17-43(18-4-1)61(44-19-5-2-6-20-44)54-29-12-9-25-52(54)59-47(26-16-30-55(59)61)41-35-40(36-42(37-41)48-27-15-28-51-49-23-10-14-32-57(49)63-60(48)51)46-22-8-7-21-45(46)39-33-34-58-53(38-39)50-24-11-13-31-56(50)62-58/h1-38H/i9D,12D,16D,25D,26D,29D,30D. The summed E-state index contributed by atoms with van der Waals surface area (Å²) in [4.78, 5) is 0. The summed E-state index contributed by atoms with van der Waals surface area (Å²) in [6.07, 6.45) is 0. The third-order valence-corrected chi connectivity index (χ3v) is 15.2. The molecule has 63 heavy (non-hydrogen) atoms. The maximum Gasteiger partial charge on any atom is 0.0713 e. The van der Waals surface area contributed by atoms with Crippen molar-refractivity contribution in [1.29, 1.82) is 0 Å². The number of fused-ring (bicyclic) bond motifs is 9. The lowest BCUT2D eigenvalue weighted by molar-refractivity contribution is 0.768. The van der Waals surface area contributed by atoms with Gasteiger partial charge in [0.2, 0.25) is 0 Å². The van der Waals surface area contributed by atoms with Crippen molar-refractivity contribution in [1.82, 2.24) is 0 Å². The summed E-state index contributed by atoms with van der Waals surface area (Å²) >= 11 is 3.52. The largest absolute Gasteiger partial charge is 0.135 e. The molecule has 0 amide bonds. The van der Waals surface area contributed by atoms with E-state index in [1.54, 1.807) is 22.7 Å². The van der Waals surface area contributed by atoms with Gasteiger partial charge in [-0.15, -0.1) is 22.7 Å². The molecule has 0 aliphatic heterocycles. The van der Waals surface area contributed by atoms with E-state index in [2.05, 4.69) is 121 Å². The molecule has 10 aromatic carbocycles. The second-order valence-electron chi connectivity index (χ2n) is 16.2. The van der Waals surface area contributed by atoms with Crippen LogP contribution in [0.3, 0.4) is 0 Å². The zero-order valence-corrected chi connectivity index (χ0v) is 35.3. The number of hydrogen-bond donors (Lipinski definition) is 0. The molecule has 0 atom stereocenters. The van der Waals surface area contributed by atoms with E-state index in [0.29, 0.717) is 38.9 Å². The normalized spacial score (nSPS) is 14.4. The van der Waals surface area contributed by atoms with Gasteiger partial charge in [-0.2, -0.15) is 0 Å². The average molecular weight is 842 g/mol. The van der Waals surface area contributed by atoms with Crippen LogP contribution in [0, 0.1) is 0 Å². The van der Waals surface area contributed by atoms with Gasteiger partial charge in [0, 0.05) is 40.3 Å². The predicted octanol–water partition coefficient (Wildman–Crippen LogP) is 17.5. The average Bonchev–Trinajstić information content (AvgIpc) is 4.08. The molecular formula is C61H38S2. The first kappa shape index (κ1) is 29.8. The van der Waals surface area contributed by atoms with Gasteiger partial charge in [0.05, 0.1) is 15.0 Å². The molecule has 0 N–H and O–H groups in total. The molecule has 0 fully saturated rings. The summed E-state index contributed by atoms with van der Waals surface area (Å²) in [5.74, 6) is 0. The van der Waals surface area contributed by atoms with Gasteiger partial charge in [-0.05, 0) is 120 Å². The molecular weight excluding hydrogens is 797 g/mol. The summed E-state index contributed by atoms with van der Waals surface area (Å²) in [6, 6.07) is 61.9. The first-order chi connectivity index (χ1) is 34.1. The Hall–Kier alpha value is -7.36. The first-order valence-electron chi connectivity index (χ1n) is 24.6. The van der Waals surface area contributed by atoms with Gasteiger partial charge in [0.15, 0.2) is 0 Å². The Morgan fingerprint density at radius 2 is 0.857 bits per heavy atom. The molecule has 0 unspecified atom stereocenters. The van der Waals surface area contributed by atoms with Gasteiger partial charge in [-0.25, -0.2) is 0 Å². The van der Waals surface area contributed by atoms with E-state index >= 15 is 0 Å². The maximum absolute atomic E-state index is 10.0. The zero-order valence-electron chi connectivity index (χ0n) is 40.7. The summed E-state index contributed by atoms with van der Waals surface area (Å²) in [5.41, 5.74) is 7.95. The molecule has 0 radical (unpaired) electrons. The molecule has 13 rings (SSSR count). The van der Waals surface area contributed by atoms with Crippen molar-refractivity contribution in [2.24, 2.45) is 0 Å². The van der Waals surface area contributed by atoms with Crippen molar-refractivity contribution in [3.63, 3.8) is 0 Å². The van der Waals surface area contributed by atoms with Crippen molar-refractivity contribution in [2.75, 3.05) is 0 Å². The first-order valence-corrected chi connectivity index (χ1v) is 22.7. The monoisotopic (exact) mass is 841 g/mol. The van der Waals surface area contributed by atoms with E-state index in [-0.39, 0.29) is 41.8 Å². The predicted molar refractivity (Wildman–Crippen MR) is 271 cm³/mol. The van der Waals surface area contributed by atoms with E-state index in [1.807, 2.05) is 66.7 Å². The van der Waals surface area contributed by atoms with Gasteiger partial charge >= 0.3 is 0 Å². The molecule has 2 aromatic heterocycles. The fourth-order valence-corrected chi connectivity index (χ4v) is 12.4. The lowest BCUT2D eigenvalue weighted by atomic mass is 9.67. The molecule has 0 bridgehead atoms. The van der Waals surface area contributed by atoms with Crippen molar-refractivity contribution < 1.29 is 9.60 Å². The highest BCUT2D eigenvalue weighted by Crippen LogP contribution is 2.58. The van der Waals surface area contributed by atoms with Crippen LogP contribution in [0.4, 0.5) is 0 Å². The quantitative estimate of drug-likeness (QED) is 0.156. The second-order valence-corrected chi connectivity index (χ2v) is 18.3. The highest BCUT2D eigenvalue weighted by atomic mass is 32.1. The van der Waals surface area contributed by atoms with Crippen LogP contribution >= 0.6 is 22.7 Å². The van der Waals surface area contributed by atoms with E-state index in [0.717, 1.165) is 43.5 Å². The van der Waals surface area contributed by atoms with E-state index in [9.17, 15) is 6.85 Å². The Kier molecular flexibility index (Phi) is 6.80. The summed E-state index contributed by atoms with van der Waals surface area (Å²) in [7, 11) is 0. The molecule has 0 saturated carbocycles. The van der Waals surface area contributed by atoms with Crippen LogP contribution in [0.1, 0.15) is 31.8 Å². The lowest BCUT2D eigenvalue weighted by Gasteiger charge is -2.34. The molecule has 0 spiro atoms. The van der Waals surface area contributed by atoms with Gasteiger partial charge in [-0.1, -0.05) is 188 Å². The van der Waals surface area contributed by atoms with Crippen molar-refractivity contribution >= 4 is 63.0 Å². The van der Waals surface area contributed by atoms with Gasteiger partial charge in [0.25, 0.3) is 0 Å². The number of rotatable bonds is 6. The van der Waals surface area contributed by atoms with Crippen molar-refractivity contribution in [3.05, 3.63) is 253 Å². The minimum atomic E-state index is -1.45. The molecule has 0 saturated heterocycles. The van der Waals surface area contributed by atoms with E-state index < -0.39 is 11.5 Å². The molecule has 0 nitrogen and oxygen atoms in total. The number of benzene rings is 10. The minimum Gasteiger partial charge on any atom is -0.135 e. The van der Waals surface area contributed by atoms with Gasteiger partial charge in [0.1, 0.15) is 0 Å². The Bertz CT molecular complexity index is 4120. The topological polar surface area (TPSA) is 0 Å². The SMILES string of the molecule is [2H]c1c([2H])c([2H])c2c(c1[2H])-c1c(-c3cc(-c4ccccc4-c4ccc5sc6ccccc6c5c4)cc(-c4cccc5c4sc4ccccc45)c3)c([2H])c([2H])c([2H])c1C2(c1ccccc1)c1ccccc1. The highest BCUT2D eigenvalue weighted by molar-refractivity contribution is 7.26. The molecule has 294 valence electrons. The van der Waals surface area contributed by atoms with Crippen LogP contribution in [0.25, 0.3) is 96.0 Å². The molecule has 12 aromatic rings. The Morgan fingerprint density at radius 1 is 0.333 bits per heavy atom. The fraction of sp³-hybridized carbons (Fsp3) is 0.0164. The third kappa shape index (κ3) is 5.52. The Labute approximate surface area is 384 Å². The van der Waals surface area contributed by atoms with Crippen LogP contribution in [-0.2, 0) is 5.41 Å². The summed E-state index contributed by atoms with van der Waals surface area (Å²) in [5, 5.41) is 4.71. The van der Waals surface area contributed by atoms with Crippen LogP contribution in [0.15, 0.2) is 230 Å². The number of thiophene rings is 2. The molecule has 2 heterocycles. The van der Waals surface area contributed by atoms with E-state index in [4.69, 9.17) is 2.74 Å². The van der Waals surface area contributed by atoms with Crippen LogP contribution in [-0.4, -0.2) is 0 Å². The van der Waals surface area contributed by atoms with Crippen LogP contribution in [0.2, 0.25) is 0 Å². The zero-order chi connectivity index (χ0) is 47.6. The minimum absolute atomic E-state index is 0.190. The summed E-state index contributed by atoms with van der Waals surface area (Å²) < 4.78 is 72.2. The van der Waals surface area contributed by atoms with Crippen LogP contribution in [0.5, 0.6) is 0 Å². The third-order valence-electron chi connectivity index (χ3n) is 12.8. The molecule has 2 heteroatoms.